The summed E-state index contributed by atoms with van der Waals surface area (Å²) in [5.41, 5.74) is 4.18. The zero-order valence-corrected chi connectivity index (χ0v) is 18.8. The molecule has 0 aromatic heterocycles. The van der Waals surface area contributed by atoms with Crippen LogP contribution in [0.1, 0.15) is 37.5 Å². The molecule has 0 atom stereocenters. The molecule has 31 heavy (non-hydrogen) atoms. The van der Waals surface area contributed by atoms with E-state index in [4.69, 9.17) is 9.47 Å². The number of ether oxygens (including phenoxy) is 2. The number of carbonyl (C=O) groups is 2. The van der Waals surface area contributed by atoms with Crippen LogP contribution in [0.2, 0.25) is 0 Å². The maximum atomic E-state index is 13.3. The molecule has 1 aliphatic heterocycles. The van der Waals surface area contributed by atoms with Gasteiger partial charge in [-0.15, -0.1) is 0 Å². The largest absolute Gasteiger partial charge is 0.494 e. The minimum Gasteiger partial charge on any atom is -0.494 e. The van der Waals surface area contributed by atoms with Crippen LogP contribution in [0.5, 0.6) is 5.75 Å². The first-order chi connectivity index (χ1) is 14.8. The third kappa shape index (κ3) is 5.14. The molecule has 3 rings (SSSR count). The van der Waals surface area contributed by atoms with Crippen LogP contribution in [0, 0.1) is 13.8 Å². The summed E-state index contributed by atoms with van der Waals surface area (Å²) in [6.07, 6.45) is 0.0287. The molecule has 6 nitrogen and oxygen atoms in total. The van der Waals surface area contributed by atoms with Crippen molar-refractivity contribution < 1.29 is 19.1 Å². The van der Waals surface area contributed by atoms with Gasteiger partial charge in [0, 0.05) is 5.69 Å². The second-order valence-corrected chi connectivity index (χ2v) is 7.83. The molecule has 2 aromatic rings. The Morgan fingerprint density at radius 3 is 2.32 bits per heavy atom. The van der Waals surface area contributed by atoms with Gasteiger partial charge in [-0.05, 0) is 70.0 Å². The quantitative estimate of drug-likeness (QED) is 0.610. The van der Waals surface area contributed by atoms with Crippen molar-refractivity contribution in [3.63, 3.8) is 0 Å². The lowest BCUT2D eigenvalue weighted by Crippen LogP contribution is -2.35. The molecule has 1 heterocycles. The van der Waals surface area contributed by atoms with Crippen LogP contribution in [0.25, 0.3) is 5.57 Å². The van der Waals surface area contributed by atoms with Gasteiger partial charge in [-0.1, -0.05) is 23.8 Å². The Kier molecular flexibility index (Phi) is 7.13. The molecule has 0 fully saturated rings. The monoisotopic (exact) mass is 422 g/mol. The number of benzene rings is 2. The molecule has 0 bridgehead atoms. The predicted octanol–water partition coefficient (Wildman–Crippen LogP) is 4.32. The smallest absolute Gasteiger partial charge is 0.278 e. The van der Waals surface area contributed by atoms with Gasteiger partial charge in [-0.25, -0.2) is 0 Å². The van der Waals surface area contributed by atoms with Crippen molar-refractivity contribution in [1.29, 1.82) is 0 Å². The van der Waals surface area contributed by atoms with Crippen molar-refractivity contribution in [2.75, 3.05) is 25.1 Å². The zero-order valence-electron chi connectivity index (χ0n) is 18.8. The Hall–Kier alpha value is -3.12. The Labute approximate surface area is 183 Å². The van der Waals surface area contributed by atoms with Gasteiger partial charge in [0.05, 0.1) is 31.4 Å². The highest BCUT2D eigenvalue weighted by Crippen LogP contribution is 2.32. The molecule has 164 valence electrons. The Morgan fingerprint density at radius 2 is 1.71 bits per heavy atom. The molecule has 0 unspecified atom stereocenters. The number of nitrogens with one attached hydrogen (secondary N) is 1. The summed E-state index contributed by atoms with van der Waals surface area (Å²) in [4.78, 5) is 27.8. The minimum atomic E-state index is -0.346. The number of hydrogen-bond donors (Lipinski definition) is 1. The van der Waals surface area contributed by atoms with Gasteiger partial charge in [0.2, 0.25) is 0 Å². The number of imide groups is 1. The number of amides is 2. The van der Waals surface area contributed by atoms with Gasteiger partial charge >= 0.3 is 0 Å². The molecular formula is C25H30N2O4. The minimum absolute atomic E-state index is 0.0287. The fourth-order valence-electron chi connectivity index (χ4n) is 3.56. The molecule has 0 spiro atoms. The summed E-state index contributed by atoms with van der Waals surface area (Å²) >= 11 is 0. The molecule has 2 aromatic carbocycles. The Morgan fingerprint density at radius 1 is 1.00 bits per heavy atom. The Bertz CT molecular complexity index is 993. The van der Waals surface area contributed by atoms with Gasteiger partial charge in [-0.2, -0.15) is 0 Å². The average Bonchev–Trinajstić information content (AvgIpc) is 2.94. The lowest BCUT2D eigenvalue weighted by atomic mass is 9.97. The van der Waals surface area contributed by atoms with E-state index in [9.17, 15) is 9.59 Å². The topological polar surface area (TPSA) is 67.9 Å². The third-order valence-corrected chi connectivity index (χ3v) is 5.02. The van der Waals surface area contributed by atoms with Crippen molar-refractivity contribution >= 4 is 23.1 Å². The number of hydrogen-bond acceptors (Lipinski definition) is 5. The second-order valence-electron chi connectivity index (χ2n) is 7.83. The average molecular weight is 423 g/mol. The number of carbonyl (C=O) groups excluding carboxylic acids is 2. The molecule has 1 N–H and O–H groups in total. The van der Waals surface area contributed by atoms with E-state index in [1.165, 1.54) is 4.90 Å². The van der Waals surface area contributed by atoms with Crippen molar-refractivity contribution in [2.45, 2.75) is 40.7 Å². The number of nitrogens with zero attached hydrogens (tertiary/aromatic N) is 1. The van der Waals surface area contributed by atoms with E-state index < -0.39 is 0 Å². The summed E-state index contributed by atoms with van der Waals surface area (Å²) in [6, 6.07) is 13.2. The van der Waals surface area contributed by atoms with E-state index >= 15 is 0 Å². The molecule has 0 saturated carbocycles. The van der Waals surface area contributed by atoms with E-state index in [0.29, 0.717) is 24.5 Å². The number of rotatable bonds is 9. The van der Waals surface area contributed by atoms with Crippen LogP contribution >= 0.6 is 0 Å². The molecular weight excluding hydrogens is 392 g/mol. The highest BCUT2D eigenvalue weighted by atomic mass is 16.5. The summed E-state index contributed by atoms with van der Waals surface area (Å²) in [5.74, 6) is 0.0943. The van der Waals surface area contributed by atoms with Crippen molar-refractivity contribution in [1.82, 2.24) is 4.90 Å². The van der Waals surface area contributed by atoms with E-state index in [1.807, 2.05) is 77.1 Å². The molecule has 0 aliphatic carbocycles. The normalized spacial score (nSPS) is 14.1. The molecule has 0 saturated heterocycles. The summed E-state index contributed by atoms with van der Waals surface area (Å²) in [7, 11) is 0. The fraction of sp³-hybridized carbons (Fsp3) is 0.360. The van der Waals surface area contributed by atoms with Crippen LogP contribution in [0.4, 0.5) is 5.69 Å². The highest BCUT2D eigenvalue weighted by Gasteiger charge is 2.39. The lowest BCUT2D eigenvalue weighted by molar-refractivity contribution is -0.137. The first-order valence-electron chi connectivity index (χ1n) is 10.6. The maximum absolute atomic E-state index is 13.3. The van der Waals surface area contributed by atoms with Crippen LogP contribution in [-0.2, 0) is 14.3 Å². The van der Waals surface area contributed by atoms with Gasteiger partial charge in [-0.3, -0.25) is 14.5 Å². The summed E-state index contributed by atoms with van der Waals surface area (Å²) in [5, 5.41) is 3.18. The van der Waals surface area contributed by atoms with Gasteiger partial charge in [0.1, 0.15) is 11.4 Å². The van der Waals surface area contributed by atoms with E-state index in [1.54, 1.807) is 0 Å². The molecule has 1 aliphatic rings. The highest BCUT2D eigenvalue weighted by molar-refractivity contribution is 6.36. The van der Waals surface area contributed by atoms with Crippen molar-refractivity contribution in [3.8, 4) is 5.75 Å². The van der Waals surface area contributed by atoms with Crippen molar-refractivity contribution in [2.24, 2.45) is 0 Å². The van der Waals surface area contributed by atoms with Crippen LogP contribution in [-0.4, -0.2) is 42.6 Å². The first kappa shape index (κ1) is 22.6. The van der Waals surface area contributed by atoms with Crippen molar-refractivity contribution in [3.05, 3.63) is 64.9 Å². The lowest BCUT2D eigenvalue weighted by Gasteiger charge is -2.16. The molecule has 2 amide bonds. The SMILES string of the molecule is CCOc1ccc(NC2=C(c3ccc(C)cc3C)C(=O)N(CCOC(C)C)C2=O)cc1. The van der Waals surface area contributed by atoms with Crippen LogP contribution in [0.15, 0.2) is 48.2 Å². The van der Waals surface area contributed by atoms with Crippen LogP contribution < -0.4 is 10.1 Å². The summed E-state index contributed by atoms with van der Waals surface area (Å²) < 4.78 is 11.1. The molecule has 0 radical (unpaired) electrons. The second kappa shape index (κ2) is 9.79. The molecule has 6 heteroatoms. The Balaban J connectivity index is 1.96. The van der Waals surface area contributed by atoms with E-state index in [2.05, 4.69) is 5.32 Å². The predicted molar refractivity (Wildman–Crippen MR) is 122 cm³/mol. The fourth-order valence-corrected chi connectivity index (χ4v) is 3.56. The summed E-state index contributed by atoms with van der Waals surface area (Å²) in [6.45, 7) is 10.8. The number of anilines is 1. The maximum Gasteiger partial charge on any atom is 0.278 e. The van der Waals surface area contributed by atoms with E-state index in [-0.39, 0.29) is 30.2 Å². The zero-order chi connectivity index (χ0) is 22.5. The van der Waals surface area contributed by atoms with E-state index in [0.717, 1.165) is 22.4 Å². The number of aryl methyl sites for hydroxylation is 2. The van der Waals surface area contributed by atoms with Crippen LogP contribution in [0.3, 0.4) is 0 Å². The third-order valence-electron chi connectivity index (χ3n) is 5.02. The van der Waals surface area contributed by atoms with Gasteiger partial charge < -0.3 is 14.8 Å². The first-order valence-corrected chi connectivity index (χ1v) is 10.6. The van der Waals surface area contributed by atoms with Gasteiger partial charge in [0.15, 0.2) is 0 Å². The standard InChI is InChI=1S/C25H30N2O4/c1-6-30-20-10-8-19(9-11-20)26-23-22(21-12-7-17(4)15-18(21)5)24(28)27(25(23)29)13-14-31-16(2)3/h7-12,15-16,26H,6,13-14H2,1-5H3. The van der Waals surface area contributed by atoms with Gasteiger partial charge in [0.25, 0.3) is 11.8 Å².